The van der Waals surface area contributed by atoms with E-state index >= 15 is 0 Å². The summed E-state index contributed by atoms with van der Waals surface area (Å²) in [4.78, 5) is 0. The van der Waals surface area contributed by atoms with Crippen molar-refractivity contribution in [2.24, 2.45) is 0 Å². The molecule has 1 unspecified atom stereocenters. The summed E-state index contributed by atoms with van der Waals surface area (Å²) < 4.78 is 41.0. The topological polar surface area (TPSA) is 41.5 Å². The van der Waals surface area contributed by atoms with Gasteiger partial charge in [-0.15, -0.1) is 0 Å². The molecule has 0 fully saturated rings. The highest BCUT2D eigenvalue weighted by Crippen LogP contribution is 2.19. The van der Waals surface area contributed by atoms with Gasteiger partial charge in [-0.1, -0.05) is 24.3 Å². The quantitative estimate of drug-likeness (QED) is 0.823. The zero-order chi connectivity index (χ0) is 13.6. The van der Waals surface area contributed by atoms with Crippen LogP contribution in [0.3, 0.4) is 0 Å². The van der Waals surface area contributed by atoms with Gasteiger partial charge in [0.25, 0.3) is 0 Å². The Morgan fingerprint density at radius 2 is 1.78 bits per heavy atom. The summed E-state index contributed by atoms with van der Waals surface area (Å²) in [6.07, 6.45) is -6.90. The van der Waals surface area contributed by atoms with Gasteiger partial charge in [0.1, 0.15) is 0 Å². The standard InChI is InChI=1S/C12H16F3NO2/c1-18-8-10-4-2-9(3-5-10)6-16-7-11(17)12(13,14)15/h2-5,11,16-17H,6-8H2,1H3. The molecule has 102 valence electrons. The van der Waals surface area contributed by atoms with E-state index in [0.717, 1.165) is 11.1 Å². The summed E-state index contributed by atoms with van der Waals surface area (Å²) in [5, 5.41) is 11.3. The molecule has 1 rings (SSSR count). The smallest absolute Gasteiger partial charge is 0.382 e. The number of benzene rings is 1. The van der Waals surface area contributed by atoms with Crippen LogP contribution in [0.5, 0.6) is 0 Å². The third kappa shape index (κ3) is 5.03. The van der Waals surface area contributed by atoms with E-state index in [1.165, 1.54) is 0 Å². The predicted molar refractivity (Wildman–Crippen MR) is 60.9 cm³/mol. The van der Waals surface area contributed by atoms with E-state index in [2.05, 4.69) is 5.32 Å². The Labute approximate surface area is 104 Å². The van der Waals surface area contributed by atoms with Crippen molar-refractivity contribution in [3.05, 3.63) is 35.4 Å². The molecule has 0 saturated heterocycles. The van der Waals surface area contributed by atoms with Crippen molar-refractivity contribution in [2.75, 3.05) is 13.7 Å². The number of ether oxygens (including phenoxy) is 1. The lowest BCUT2D eigenvalue weighted by Crippen LogP contribution is -2.38. The molecule has 6 heteroatoms. The molecule has 0 spiro atoms. The van der Waals surface area contributed by atoms with Crippen LogP contribution >= 0.6 is 0 Å². The number of aliphatic hydroxyl groups is 1. The molecule has 1 aromatic rings. The average molecular weight is 263 g/mol. The Balaban J connectivity index is 2.35. The van der Waals surface area contributed by atoms with E-state index in [9.17, 15) is 13.2 Å². The van der Waals surface area contributed by atoms with Crippen molar-refractivity contribution >= 4 is 0 Å². The molecule has 0 heterocycles. The fourth-order valence-electron chi connectivity index (χ4n) is 1.39. The highest BCUT2D eigenvalue weighted by molar-refractivity contribution is 5.21. The fourth-order valence-corrected chi connectivity index (χ4v) is 1.39. The molecule has 0 aliphatic rings. The molecule has 0 aromatic heterocycles. The monoisotopic (exact) mass is 263 g/mol. The second-order valence-electron chi connectivity index (χ2n) is 3.94. The Hall–Kier alpha value is -1.11. The van der Waals surface area contributed by atoms with Gasteiger partial charge in [0.15, 0.2) is 6.10 Å². The highest BCUT2D eigenvalue weighted by atomic mass is 19.4. The van der Waals surface area contributed by atoms with Crippen molar-refractivity contribution in [1.82, 2.24) is 5.32 Å². The van der Waals surface area contributed by atoms with Crippen molar-refractivity contribution in [1.29, 1.82) is 0 Å². The van der Waals surface area contributed by atoms with Crippen LogP contribution in [0.1, 0.15) is 11.1 Å². The summed E-state index contributed by atoms with van der Waals surface area (Å²) in [6.45, 7) is 0.268. The lowest BCUT2D eigenvalue weighted by atomic mass is 10.1. The Morgan fingerprint density at radius 1 is 1.22 bits per heavy atom. The Morgan fingerprint density at radius 3 is 2.28 bits per heavy atom. The summed E-state index contributed by atoms with van der Waals surface area (Å²) in [5.41, 5.74) is 1.85. The average Bonchev–Trinajstić information content (AvgIpc) is 2.30. The maximum absolute atomic E-state index is 12.0. The normalized spacial score (nSPS) is 13.6. The minimum Gasteiger partial charge on any atom is -0.382 e. The molecule has 0 amide bonds. The van der Waals surface area contributed by atoms with Crippen LogP contribution in [-0.4, -0.2) is 31.0 Å². The molecule has 0 saturated carbocycles. The van der Waals surface area contributed by atoms with Crippen LogP contribution in [0, 0.1) is 0 Å². The number of hydrogen-bond acceptors (Lipinski definition) is 3. The van der Waals surface area contributed by atoms with Gasteiger partial charge in [-0.25, -0.2) is 0 Å². The van der Waals surface area contributed by atoms with Crippen LogP contribution in [0.4, 0.5) is 13.2 Å². The molecular formula is C12H16F3NO2. The minimum absolute atomic E-state index is 0.278. The first-order valence-electron chi connectivity index (χ1n) is 5.45. The van der Waals surface area contributed by atoms with Gasteiger partial charge in [-0.05, 0) is 11.1 Å². The van der Waals surface area contributed by atoms with Crippen molar-refractivity contribution < 1.29 is 23.0 Å². The zero-order valence-electron chi connectivity index (χ0n) is 10.00. The maximum atomic E-state index is 12.0. The molecule has 3 nitrogen and oxygen atoms in total. The van der Waals surface area contributed by atoms with Crippen LogP contribution in [0.2, 0.25) is 0 Å². The molecule has 0 bridgehead atoms. The zero-order valence-corrected chi connectivity index (χ0v) is 10.00. The summed E-state index contributed by atoms with van der Waals surface area (Å²) in [6, 6.07) is 7.31. The SMILES string of the molecule is COCc1ccc(CNCC(O)C(F)(F)F)cc1. The van der Waals surface area contributed by atoms with Gasteiger partial charge in [-0.3, -0.25) is 0 Å². The molecule has 1 aromatic carbocycles. The van der Waals surface area contributed by atoms with Gasteiger partial charge in [0, 0.05) is 20.2 Å². The third-order valence-corrected chi connectivity index (χ3v) is 2.38. The Bertz CT molecular complexity index is 351. The molecule has 18 heavy (non-hydrogen) atoms. The van der Waals surface area contributed by atoms with E-state index in [-0.39, 0.29) is 6.54 Å². The molecule has 0 aliphatic heterocycles. The number of alkyl halides is 3. The van der Waals surface area contributed by atoms with Gasteiger partial charge in [-0.2, -0.15) is 13.2 Å². The number of hydrogen-bond donors (Lipinski definition) is 2. The van der Waals surface area contributed by atoms with Crippen LogP contribution in [0.25, 0.3) is 0 Å². The lowest BCUT2D eigenvalue weighted by molar-refractivity contribution is -0.201. The van der Waals surface area contributed by atoms with Crippen molar-refractivity contribution in [2.45, 2.75) is 25.4 Å². The van der Waals surface area contributed by atoms with Crippen LogP contribution in [0.15, 0.2) is 24.3 Å². The minimum atomic E-state index is -4.57. The molecule has 0 radical (unpaired) electrons. The second kappa shape index (κ2) is 6.72. The first kappa shape index (κ1) is 14.9. The number of aliphatic hydroxyl groups excluding tert-OH is 1. The van der Waals surface area contributed by atoms with Crippen molar-refractivity contribution in [3.63, 3.8) is 0 Å². The van der Waals surface area contributed by atoms with Crippen LogP contribution in [-0.2, 0) is 17.9 Å². The van der Waals surface area contributed by atoms with Gasteiger partial charge in [0.05, 0.1) is 6.61 Å². The molecule has 1 atom stereocenters. The van der Waals surface area contributed by atoms with Crippen molar-refractivity contribution in [3.8, 4) is 0 Å². The summed E-state index contributed by atoms with van der Waals surface area (Å²) >= 11 is 0. The Kier molecular flexibility index (Phi) is 5.58. The van der Waals surface area contributed by atoms with E-state index in [1.54, 1.807) is 19.2 Å². The predicted octanol–water partition coefficient (Wildman–Crippen LogP) is 1.85. The third-order valence-electron chi connectivity index (χ3n) is 2.38. The van der Waals surface area contributed by atoms with Gasteiger partial charge >= 0.3 is 6.18 Å². The number of nitrogens with one attached hydrogen (secondary N) is 1. The summed E-state index contributed by atoms with van der Waals surface area (Å²) in [5.74, 6) is 0. The summed E-state index contributed by atoms with van der Waals surface area (Å²) in [7, 11) is 1.59. The fraction of sp³-hybridized carbons (Fsp3) is 0.500. The lowest BCUT2D eigenvalue weighted by Gasteiger charge is -2.15. The first-order chi connectivity index (χ1) is 8.43. The molecule has 2 N–H and O–H groups in total. The first-order valence-corrected chi connectivity index (χ1v) is 5.45. The van der Waals surface area contributed by atoms with E-state index in [1.807, 2.05) is 12.1 Å². The number of methoxy groups -OCH3 is 1. The second-order valence-corrected chi connectivity index (χ2v) is 3.94. The maximum Gasteiger partial charge on any atom is 0.415 e. The van der Waals surface area contributed by atoms with E-state index in [0.29, 0.717) is 6.61 Å². The van der Waals surface area contributed by atoms with Gasteiger partial charge < -0.3 is 15.2 Å². The van der Waals surface area contributed by atoms with Crippen LogP contribution < -0.4 is 5.32 Å². The van der Waals surface area contributed by atoms with Gasteiger partial charge in [0.2, 0.25) is 0 Å². The largest absolute Gasteiger partial charge is 0.415 e. The molecular weight excluding hydrogens is 247 g/mol. The van der Waals surface area contributed by atoms with E-state index in [4.69, 9.17) is 9.84 Å². The number of halogens is 3. The number of rotatable bonds is 6. The molecule has 0 aliphatic carbocycles. The van der Waals surface area contributed by atoms with E-state index < -0.39 is 18.8 Å². The highest BCUT2D eigenvalue weighted by Gasteiger charge is 2.37.